The van der Waals surface area contributed by atoms with E-state index < -0.39 is 0 Å². The number of likely N-dealkylation sites (tertiary alicyclic amines) is 1. The van der Waals surface area contributed by atoms with Gasteiger partial charge in [-0.1, -0.05) is 15.9 Å². The van der Waals surface area contributed by atoms with Gasteiger partial charge in [0.1, 0.15) is 0 Å². The molecule has 5 heteroatoms. The molecule has 1 atom stereocenters. The van der Waals surface area contributed by atoms with Gasteiger partial charge < -0.3 is 11.1 Å². The average Bonchev–Trinajstić information content (AvgIpc) is 2.33. The molecule has 0 aromatic heterocycles. The average molecular weight is 326 g/mol. The second-order valence-electron chi connectivity index (χ2n) is 5.14. The summed E-state index contributed by atoms with van der Waals surface area (Å²) in [6.45, 7) is 4.17. The molecule has 104 valence electrons. The number of nitrogens with one attached hydrogen (secondary N) is 1. The quantitative estimate of drug-likeness (QED) is 0.894. The second kappa shape index (κ2) is 6.50. The van der Waals surface area contributed by atoms with Crippen molar-refractivity contribution in [2.75, 3.05) is 25.0 Å². The number of hydrogen-bond donors (Lipinski definition) is 2. The number of amides is 1. The standard InChI is InChI=1S/C14H20BrN3O/c1-10-7-11(15)4-5-13(10)17-14(19)9-18-6-2-3-12(16)8-18/h4-5,7,12H,2-3,6,8-9,16H2,1H3,(H,17,19). The predicted molar refractivity (Wildman–Crippen MR) is 81.2 cm³/mol. The zero-order valence-electron chi connectivity index (χ0n) is 11.2. The van der Waals surface area contributed by atoms with E-state index in [0.29, 0.717) is 6.54 Å². The molecule has 1 aliphatic rings. The van der Waals surface area contributed by atoms with E-state index in [9.17, 15) is 4.79 Å². The Hall–Kier alpha value is -0.910. The van der Waals surface area contributed by atoms with Crippen molar-refractivity contribution in [2.45, 2.75) is 25.8 Å². The van der Waals surface area contributed by atoms with Gasteiger partial charge in [0.2, 0.25) is 5.91 Å². The van der Waals surface area contributed by atoms with Crippen molar-refractivity contribution in [2.24, 2.45) is 5.73 Å². The molecule has 1 aromatic rings. The Morgan fingerprint density at radius 2 is 2.37 bits per heavy atom. The van der Waals surface area contributed by atoms with Crippen molar-refractivity contribution in [3.63, 3.8) is 0 Å². The van der Waals surface area contributed by atoms with Gasteiger partial charge in [-0.2, -0.15) is 0 Å². The van der Waals surface area contributed by atoms with E-state index in [-0.39, 0.29) is 11.9 Å². The number of piperidine rings is 1. The smallest absolute Gasteiger partial charge is 0.238 e. The molecule has 1 unspecified atom stereocenters. The summed E-state index contributed by atoms with van der Waals surface area (Å²) in [4.78, 5) is 14.1. The maximum atomic E-state index is 12.0. The lowest BCUT2D eigenvalue weighted by Gasteiger charge is -2.30. The highest BCUT2D eigenvalue weighted by Crippen LogP contribution is 2.20. The van der Waals surface area contributed by atoms with Crippen LogP contribution in [0.2, 0.25) is 0 Å². The highest BCUT2D eigenvalue weighted by Gasteiger charge is 2.18. The fraction of sp³-hybridized carbons (Fsp3) is 0.500. The molecule has 4 nitrogen and oxygen atoms in total. The topological polar surface area (TPSA) is 58.4 Å². The number of halogens is 1. The van der Waals surface area contributed by atoms with Crippen molar-refractivity contribution in [3.05, 3.63) is 28.2 Å². The number of hydrogen-bond acceptors (Lipinski definition) is 3. The number of aryl methyl sites for hydroxylation is 1. The van der Waals surface area contributed by atoms with Crippen LogP contribution in [0.15, 0.2) is 22.7 Å². The van der Waals surface area contributed by atoms with Gasteiger partial charge in [-0.3, -0.25) is 9.69 Å². The summed E-state index contributed by atoms with van der Waals surface area (Å²) in [5, 5.41) is 2.96. The van der Waals surface area contributed by atoms with Crippen molar-refractivity contribution in [1.82, 2.24) is 4.90 Å². The SMILES string of the molecule is Cc1cc(Br)ccc1NC(=O)CN1CCCC(N)C1. The number of anilines is 1. The molecule has 3 N–H and O–H groups in total. The Bertz CT molecular complexity index is 464. The summed E-state index contributed by atoms with van der Waals surface area (Å²) in [5.41, 5.74) is 7.84. The highest BCUT2D eigenvalue weighted by molar-refractivity contribution is 9.10. The van der Waals surface area contributed by atoms with E-state index in [0.717, 1.165) is 41.7 Å². The first kappa shape index (κ1) is 14.5. The van der Waals surface area contributed by atoms with Gasteiger partial charge in [0.05, 0.1) is 6.54 Å². The first-order valence-corrected chi connectivity index (χ1v) is 7.38. The van der Waals surface area contributed by atoms with Gasteiger partial charge in [-0.15, -0.1) is 0 Å². The molecule has 1 fully saturated rings. The van der Waals surface area contributed by atoms with Crippen LogP contribution in [-0.2, 0) is 4.79 Å². The Morgan fingerprint density at radius 3 is 3.05 bits per heavy atom. The zero-order valence-corrected chi connectivity index (χ0v) is 12.7. The van der Waals surface area contributed by atoms with Crippen LogP contribution in [-0.4, -0.2) is 36.5 Å². The van der Waals surface area contributed by atoms with Crippen molar-refractivity contribution in [3.8, 4) is 0 Å². The van der Waals surface area contributed by atoms with E-state index in [4.69, 9.17) is 5.73 Å². The molecule has 1 heterocycles. The summed E-state index contributed by atoms with van der Waals surface area (Å²) >= 11 is 3.41. The molecular formula is C14H20BrN3O. The summed E-state index contributed by atoms with van der Waals surface area (Å²) in [6.07, 6.45) is 2.13. The Labute approximate surface area is 122 Å². The molecule has 19 heavy (non-hydrogen) atoms. The summed E-state index contributed by atoms with van der Waals surface area (Å²) < 4.78 is 1.02. The first-order valence-electron chi connectivity index (χ1n) is 6.58. The predicted octanol–water partition coefficient (Wildman–Crippen LogP) is 2.12. The monoisotopic (exact) mass is 325 g/mol. The van der Waals surface area contributed by atoms with Crippen LogP contribution in [0.5, 0.6) is 0 Å². The highest BCUT2D eigenvalue weighted by atomic mass is 79.9. The van der Waals surface area contributed by atoms with Crippen LogP contribution in [0.25, 0.3) is 0 Å². The number of nitrogens with two attached hydrogens (primary N) is 1. The van der Waals surface area contributed by atoms with Crippen LogP contribution >= 0.6 is 15.9 Å². The Kier molecular flexibility index (Phi) is 4.96. The lowest BCUT2D eigenvalue weighted by molar-refractivity contribution is -0.117. The molecule has 1 saturated heterocycles. The molecule has 1 aromatic carbocycles. The minimum atomic E-state index is 0.0273. The van der Waals surface area contributed by atoms with Crippen molar-refractivity contribution >= 4 is 27.5 Å². The maximum absolute atomic E-state index is 12.0. The molecule has 0 aliphatic carbocycles. The number of rotatable bonds is 3. The van der Waals surface area contributed by atoms with Gasteiger partial charge in [-0.05, 0) is 50.1 Å². The van der Waals surface area contributed by atoms with Crippen LogP contribution in [0.1, 0.15) is 18.4 Å². The molecule has 0 radical (unpaired) electrons. The third-order valence-corrected chi connectivity index (χ3v) is 3.86. The lowest BCUT2D eigenvalue weighted by atomic mass is 10.1. The summed E-state index contributed by atoms with van der Waals surface area (Å²) in [6, 6.07) is 6.04. The molecule has 0 saturated carbocycles. The number of carbonyl (C=O) groups is 1. The summed E-state index contributed by atoms with van der Waals surface area (Å²) in [7, 11) is 0. The fourth-order valence-electron chi connectivity index (χ4n) is 2.40. The van der Waals surface area contributed by atoms with Gasteiger partial charge in [-0.25, -0.2) is 0 Å². The zero-order chi connectivity index (χ0) is 13.8. The number of benzene rings is 1. The van der Waals surface area contributed by atoms with Gasteiger partial charge in [0.25, 0.3) is 0 Å². The van der Waals surface area contributed by atoms with Crippen molar-refractivity contribution < 1.29 is 4.79 Å². The van der Waals surface area contributed by atoms with E-state index in [1.807, 2.05) is 25.1 Å². The van der Waals surface area contributed by atoms with Crippen LogP contribution in [0.3, 0.4) is 0 Å². The molecule has 0 bridgehead atoms. The third-order valence-electron chi connectivity index (χ3n) is 3.37. The molecular weight excluding hydrogens is 306 g/mol. The van der Waals surface area contributed by atoms with Crippen LogP contribution < -0.4 is 11.1 Å². The Balaban J connectivity index is 1.90. The first-order chi connectivity index (χ1) is 9.04. The number of nitrogens with zero attached hydrogens (tertiary/aromatic N) is 1. The summed E-state index contributed by atoms with van der Waals surface area (Å²) in [5.74, 6) is 0.0273. The minimum Gasteiger partial charge on any atom is -0.327 e. The van der Waals surface area contributed by atoms with E-state index >= 15 is 0 Å². The second-order valence-corrected chi connectivity index (χ2v) is 6.06. The molecule has 2 rings (SSSR count). The maximum Gasteiger partial charge on any atom is 0.238 e. The lowest BCUT2D eigenvalue weighted by Crippen LogP contribution is -2.45. The van der Waals surface area contributed by atoms with Crippen LogP contribution in [0.4, 0.5) is 5.69 Å². The molecule has 1 aliphatic heterocycles. The van der Waals surface area contributed by atoms with Gasteiger partial charge in [0, 0.05) is 22.7 Å². The van der Waals surface area contributed by atoms with Crippen LogP contribution in [0, 0.1) is 6.92 Å². The van der Waals surface area contributed by atoms with E-state index in [2.05, 4.69) is 26.1 Å². The van der Waals surface area contributed by atoms with E-state index in [1.165, 1.54) is 0 Å². The van der Waals surface area contributed by atoms with Crippen molar-refractivity contribution in [1.29, 1.82) is 0 Å². The normalized spacial score (nSPS) is 20.3. The van der Waals surface area contributed by atoms with Gasteiger partial charge in [0.15, 0.2) is 0 Å². The minimum absolute atomic E-state index is 0.0273. The Morgan fingerprint density at radius 1 is 1.58 bits per heavy atom. The third kappa shape index (κ3) is 4.30. The molecule has 1 amide bonds. The fourth-order valence-corrected chi connectivity index (χ4v) is 2.87. The van der Waals surface area contributed by atoms with Gasteiger partial charge >= 0.3 is 0 Å². The molecule has 0 spiro atoms. The largest absolute Gasteiger partial charge is 0.327 e. The number of carbonyl (C=O) groups excluding carboxylic acids is 1. The van der Waals surface area contributed by atoms with E-state index in [1.54, 1.807) is 0 Å².